The summed E-state index contributed by atoms with van der Waals surface area (Å²) in [6.07, 6.45) is 2.02. The summed E-state index contributed by atoms with van der Waals surface area (Å²) in [6.45, 7) is 15.7. The van der Waals surface area contributed by atoms with Crippen molar-refractivity contribution in [1.82, 2.24) is 14.9 Å². The molecule has 46 heavy (non-hydrogen) atoms. The third-order valence-electron chi connectivity index (χ3n) is 7.17. The van der Waals surface area contributed by atoms with Crippen LogP contribution in [0.1, 0.15) is 95.5 Å². The Balaban J connectivity index is 1.93. The molecule has 0 radical (unpaired) electrons. The lowest BCUT2D eigenvalue weighted by atomic mass is 9.98. The van der Waals surface area contributed by atoms with Gasteiger partial charge in [0.25, 0.3) is 6.01 Å². The van der Waals surface area contributed by atoms with Crippen LogP contribution in [-0.4, -0.2) is 44.5 Å². The molecule has 3 aromatic rings. The number of nitrogens with zero attached hydrogens (tertiary/aromatic N) is 2. The Hall–Kier alpha value is -3.66. The van der Waals surface area contributed by atoms with E-state index in [-0.39, 0.29) is 35.9 Å². The molecule has 1 heterocycles. The first kappa shape index (κ1) is 36.8. The molecule has 0 spiro atoms. The maximum Gasteiger partial charge on any atom is 0.339 e. The van der Waals surface area contributed by atoms with E-state index in [4.69, 9.17) is 14.5 Å². The number of benzene rings is 2. The third-order valence-corrected chi connectivity index (χ3v) is 8.15. The lowest BCUT2D eigenvalue weighted by Gasteiger charge is -2.21. The minimum Gasteiger partial charge on any atom is -0.465 e. The van der Waals surface area contributed by atoms with E-state index in [0.717, 1.165) is 29.6 Å². The normalized spacial score (nSPS) is 12.2. The first-order valence-electron chi connectivity index (χ1n) is 16.0. The van der Waals surface area contributed by atoms with Gasteiger partial charge < -0.3 is 14.8 Å². The van der Waals surface area contributed by atoms with Crippen molar-refractivity contribution in [3.8, 4) is 17.1 Å². The van der Waals surface area contributed by atoms with E-state index in [0.29, 0.717) is 53.5 Å². The second kappa shape index (κ2) is 16.8. The first-order chi connectivity index (χ1) is 21.7. The van der Waals surface area contributed by atoms with Gasteiger partial charge in [-0.2, -0.15) is 4.98 Å². The molecule has 0 bridgehead atoms. The lowest BCUT2D eigenvalue weighted by Crippen LogP contribution is -2.33. The summed E-state index contributed by atoms with van der Waals surface area (Å²) in [7, 11) is 0. The zero-order valence-corrected chi connectivity index (χ0v) is 29.2. The number of nitrogens with one attached hydrogen (secondary N) is 1. The second-order valence-electron chi connectivity index (χ2n) is 12.8. The molecule has 3 rings (SSSR count). The number of aromatic nitrogens is 2. The molecule has 1 N–H and O–H groups in total. The third kappa shape index (κ3) is 10.4. The molecule has 0 saturated heterocycles. The van der Waals surface area contributed by atoms with Crippen molar-refractivity contribution in [3.05, 3.63) is 70.8 Å². The Kier molecular flexibility index (Phi) is 13.4. The quantitative estimate of drug-likeness (QED) is 0.169. The smallest absolute Gasteiger partial charge is 0.339 e. The van der Waals surface area contributed by atoms with Crippen LogP contribution < -0.4 is 10.1 Å². The van der Waals surface area contributed by atoms with Gasteiger partial charge in [-0.3, -0.25) is 14.2 Å². The summed E-state index contributed by atoms with van der Waals surface area (Å²) >= 11 is 1.16. The van der Waals surface area contributed by atoms with E-state index in [9.17, 15) is 14.4 Å². The standard InChI is InChI=1S/C36H48FN3O5S/c1-9-17-44-35-39-31(10-2)32(20-38-33(42)27(18-23(3)4)22-46-24(5)41)40(35)21-26-16-15-25(19-30(26)37)28-13-11-12-14-29(28)34(43)45-36(6,7)8/h11-16,19,23,27H,9-10,17-18,20-22H2,1-8H3,(H,38,42). The van der Waals surface area contributed by atoms with Gasteiger partial charge in [0.2, 0.25) is 5.91 Å². The summed E-state index contributed by atoms with van der Waals surface area (Å²) in [4.78, 5) is 42.5. The Bertz CT molecular complexity index is 1510. The summed E-state index contributed by atoms with van der Waals surface area (Å²) < 4.78 is 29.2. The van der Waals surface area contributed by atoms with Crippen LogP contribution in [0, 0.1) is 17.7 Å². The highest BCUT2D eigenvalue weighted by atomic mass is 32.2. The van der Waals surface area contributed by atoms with Gasteiger partial charge in [0.1, 0.15) is 11.4 Å². The molecule has 8 nitrogen and oxygen atoms in total. The zero-order chi connectivity index (χ0) is 34.0. The number of aryl methyl sites for hydroxylation is 1. The lowest BCUT2D eigenvalue weighted by molar-refractivity contribution is -0.125. The minimum absolute atomic E-state index is 0.0213. The number of imidazole rings is 1. The van der Waals surface area contributed by atoms with Gasteiger partial charge in [-0.15, -0.1) is 0 Å². The summed E-state index contributed by atoms with van der Waals surface area (Å²) in [6, 6.07) is 12.3. The van der Waals surface area contributed by atoms with Crippen molar-refractivity contribution < 1.29 is 28.2 Å². The maximum atomic E-state index is 15.8. The molecule has 1 atom stereocenters. The monoisotopic (exact) mass is 653 g/mol. The van der Waals surface area contributed by atoms with Crippen molar-refractivity contribution in [3.63, 3.8) is 0 Å². The van der Waals surface area contributed by atoms with Crippen molar-refractivity contribution in [2.75, 3.05) is 12.4 Å². The van der Waals surface area contributed by atoms with Crippen molar-refractivity contribution in [1.29, 1.82) is 0 Å². The largest absolute Gasteiger partial charge is 0.465 e. The topological polar surface area (TPSA) is 99.5 Å². The number of hydrogen-bond donors (Lipinski definition) is 1. The molecule has 2 aromatic carbocycles. The van der Waals surface area contributed by atoms with Crippen molar-refractivity contribution in [2.45, 2.75) is 93.3 Å². The molecular formula is C36H48FN3O5S. The molecule has 0 aliphatic heterocycles. The number of rotatable bonds is 15. The van der Waals surface area contributed by atoms with Crippen LogP contribution in [0.15, 0.2) is 42.5 Å². The van der Waals surface area contributed by atoms with Crippen LogP contribution in [-0.2, 0) is 33.8 Å². The summed E-state index contributed by atoms with van der Waals surface area (Å²) in [5.74, 6) is -0.669. The van der Waals surface area contributed by atoms with E-state index in [2.05, 4.69) is 19.2 Å². The Morgan fingerprint density at radius 3 is 2.41 bits per heavy atom. The summed E-state index contributed by atoms with van der Waals surface area (Å²) in [5.41, 5.74) is 2.72. The van der Waals surface area contributed by atoms with Gasteiger partial charge in [0, 0.05) is 24.2 Å². The number of halogens is 1. The van der Waals surface area contributed by atoms with Crippen molar-refractivity contribution >= 4 is 28.8 Å². The highest BCUT2D eigenvalue weighted by Gasteiger charge is 2.25. The van der Waals surface area contributed by atoms with E-state index >= 15 is 4.39 Å². The van der Waals surface area contributed by atoms with Crippen LogP contribution >= 0.6 is 11.8 Å². The van der Waals surface area contributed by atoms with Crippen LogP contribution in [0.25, 0.3) is 11.1 Å². The predicted molar refractivity (Wildman–Crippen MR) is 181 cm³/mol. The Morgan fingerprint density at radius 1 is 1.09 bits per heavy atom. The fourth-order valence-electron chi connectivity index (χ4n) is 5.07. The van der Waals surface area contributed by atoms with E-state index in [1.165, 1.54) is 13.0 Å². The first-order valence-corrected chi connectivity index (χ1v) is 17.0. The zero-order valence-electron chi connectivity index (χ0n) is 28.4. The van der Waals surface area contributed by atoms with Crippen LogP contribution in [0.5, 0.6) is 6.01 Å². The summed E-state index contributed by atoms with van der Waals surface area (Å²) in [5, 5.41) is 3.04. The van der Waals surface area contributed by atoms with E-state index in [1.807, 2.05) is 18.4 Å². The molecule has 0 aliphatic carbocycles. The highest BCUT2D eigenvalue weighted by Crippen LogP contribution is 2.29. The van der Waals surface area contributed by atoms with Gasteiger partial charge in [0.05, 0.1) is 36.6 Å². The number of ether oxygens (including phenoxy) is 2. The molecule has 0 aliphatic rings. The molecule has 1 amide bonds. The second-order valence-corrected chi connectivity index (χ2v) is 14.0. The highest BCUT2D eigenvalue weighted by molar-refractivity contribution is 8.13. The van der Waals surface area contributed by atoms with Crippen LogP contribution in [0.2, 0.25) is 0 Å². The molecule has 250 valence electrons. The van der Waals surface area contributed by atoms with Crippen LogP contribution in [0.4, 0.5) is 4.39 Å². The fourth-order valence-corrected chi connectivity index (χ4v) is 5.79. The van der Waals surface area contributed by atoms with Gasteiger partial charge in [0.15, 0.2) is 5.12 Å². The molecule has 10 heteroatoms. The molecule has 0 saturated carbocycles. The maximum absolute atomic E-state index is 15.8. The molecular weight excluding hydrogens is 605 g/mol. The molecule has 1 unspecified atom stereocenters. The van der Waals surface area contributed by atoms with Gasteiger partial charge >= 0.3 is 5.97 Å². The number of esters is 1. The Morgan fingerprint density at radius 2 is 1.80 bits per heavy atom. The SMILES string of the molecule is CCCOc1nc(CC)c(CNC(=O)C(CSC(C)=O)CC(C)C)n1Cc1ccc(-c2ccccc2C(=O)OC(C)(C)C)cc1F. The molecule has 1 aromatic heterocycles. The average Bonchev–Trinajstić information content (AvgIpc) is 3.32. The van der Waals surface area contributed by atoms with E-state index < -0.39 is 17.4 Å². The van der Waals surface area contributed by atoms with Gasteiger partial charge in [-0.25, -0.2) is 9.18 Å². The number of thioether (sulfide) groups is 1. The number of hydrogen-bond acceptors (Lipinski definition) is 7. The minimum atomic E-state index is -0.668. The van der Waals surface area contributed by atoms with Gasteiger partial charge in [-0.1, -0.05) is 69.8 Å². The van der Waals surface area contributed by atoms with Crippen molar-refractivity contribution in [2.24, 2.45) is 11.8 Å². The van der Waals surface area contributed by atoms with Crippen LogP contribution in [0.3, 0.4) is 0 Å². The number of carbonyl (C=O) groups excluding carboxylic acids is 3. The number of amides is 1. The average molecular weight is 654 g/mol. The molecule has 0 fully saturated rings. The number of carbonyl (C=O) groups is 3. The van der Waals surface area contributed by atoms with Gasteiger partial charge in [-0.05, 0) is 69.2 Å². The predicted octanol–water partition coefficient (Wildman–Crippen LogP) is 7.60. The fraction of sp³-hybridized carbons (Fsp3) is 0.500. The Labute approximate surface area is 276 Å². The van der Waals surface area contributed by atoms with E-state index in [1.54, 1.807) is 57.2 Å².